The smallest absolute Gasteiger partial charge is 0.222 e. The van der Waals surface area contributed by atoms with E-state index in [4.69, 9.17) is 5.73 Å². The van der Waals surface area contributed by atoms with E-state index in [9.17, 15) is 0 Å². The highest BCUT2D eigenvalue weighted by molar-refractivity contribution is 5.26. The van der Waals surface area contributed by atoms with Crippen LogP contribution in [0.1, 0.15) is 24.8 Å². The Morgan fingerprint density at radius 2 is 2.13 bits per heavy atom. The van der Waals surface area contributed by atoms with Crippen molar-refractivity contribution in [2.75, 3.05) is 11.9 Å². The Hall–Kier alpha value is -1.16. The number of nitrogens with one attached hydrogen (secondary N) is 1. The Labute approximate surface area is 90.3 Å². The number of aromatic nitrogens is 2. The first kappa shape index (κ1) is 10.4. The van der Waals surface area contributed by atoms with Crippen LogP contribution in [-0.2, 0) is 0 Å². The highest BCUT2D eigenvalue weighted by atomic mass is 15.1. The minimum absolute atomic E-state index is 0.501. The quantitative estimate of drug-likeness (QED) is 0.783. The largest absolute Gasteiger partial charge is 0.351 e. The molecule has 1 aliphatic carbocycles. The molecule has 2 unspecified atom stereocenters. The zero-order valence-electron chi connectivity index (χ0n) is 9.11. The second kappa shape index (κ2) is 4.57. The van der Waals surface area contributed by atoms with Crippen molar-refractivity contribution < 1.29 is 0 Å². The van der Waals surface area contributed by atoms with Gasteiger partial charge in [-0.2, -0.15) is 0 Å². The van der Waals surface area contributed by atoms with Gasteiger partial charge < -0.3 is 11.1 Å². The number of hydrogen-bond donors (Lipinski definition) is 2. The van der Waals surface area contributed by atoms with E-state index in [1.54, 1.807) is 0 Å². The molecule has 0 aliphatic heterocycles. The van der Waals surface area contributed by atoms with Gasteiger partial charge in [-0.25, -0.2) is 9.97 Å². The number of anilines is 1. The van der Waals surface area contributed by atoms with Crippen LogP contribution in [0.15, 0.2) is 12.4 Å². The molecule has 2 rings (SSSR count). The molecule has 2 atom stereocenters. The molecule has 1 aliphatic rings. The average Bonchev–Trinajstić information content (AvgIpc) is 2.69. The second-order valence-electron chi connectivity index (χ2n) is 4.34. The molecule has 82 valence electrons. The molecular weight excluding hydrogens is 188 g/mol. The summed E-state index contributed by atoms with van der Waals surface area (Å²) in [5, 5.41) is 3.35. The van der Waals surface area contributed by atoms with Crippen molar-refractivity contribution in [1.29, 1.82) is 0 Å². The van der Waals surface area contributed by atoms with Crippen molar-refractivity contribution in [2.45, 2.75) is 32.2 Å². The Morgan fingerprint density at radius 1 is 1.40 bits per heavy atom. The molecule has 4 nitrogen and oxygen atoms in total. The van der Waals surface area contributed by atoms with Gasteiger partial charge in [-0.3, -0.25) is 0 Å². The van der Waals surface area contributed by atoms with Gasteiger partial charge in [0.2, 0.25) is 5.95 Å². The van der Waals surface area contributed by atoms with Gasteiger partial charge in [0.05, 0.1) is 0 Å². The van der Waals surface area contributed by atoms with E-state index in [1.807, 2.05) is 19.3 Å². The zero-order chi connectivity index (χ0) is 10.7. The topological polar surface area (TPSA) is 63.8 Å². The highest BCUT2D eigenvalue weighted by Crippen LogP contribution is 2.26. The molecule has 1 heterocycles. The maximum Gasteiger partial charge on any atom is 0.222 e. The molecular formula is C11H18N4. The van der Waals surface area contributed by atoms with Crippen LogP contribution in [0.5, 0.6) is 0 Å². The van der Waals surface area contributed by atoms with E-state index in [-0.39, 0.29) is 0 Å². The van der Waals surface area contributed by atoms with Gasteiger partial charge >= 0.3 is 0 Å². The lowest BCUT2D eigenvalue weighted by molar-refractivity contribution is 0.555. The van der Waals surface area contributed by atoms with Gasteiger partial charge in [-0.15, -0.1) is 0 Å². The van der Waals surface area contributed by atoms with Crippen LogP contribution in [-0.4, -0.2) is 22.6 Å². The summed E-state index contributed by atoms with van der Waals surface area (Å²) in [6, 6.07) is 0.501. The standard InChI is InChI=1S/C11H18N4/c1-8-6-13-11(14-7-8)15-10-3-2-9(4-10)5-12/h6-7,9-10H,2-5,12H2,1H3,(H,13,14,15). The van der Waals surface area contributed by atoms with Gasteiger partial charge in [-0.05, 0) is 44.2 Å². The van der Waals surface area contributed by atoms with Crippen molar-refractivity contribution in [2.24, 2.45) is 11.7 Å². The number of hydrogen-bond acceptors (Lipinski definition) is 4. The van der Waals surface area contributed by atoms with E-state index in [1.165, 1.54) is 12.8 Å². The molecule has 1 aromatic rings. The number of rotatable bonds is 3. The van der Waals surface area contributed by atoms with Crippen molar-refractivity contribution >= 4 is 5.95 Å². The molecule has 0 spiro atoms. The fourth-order valence-corrected chi connectivity index (χ4v) is 2.07. The lowest BCUT2D eigenvalue weighted by Gasteiger charge is -2.12. The monoisotopic (exact) mass is 206 g/mol. The first-order chi connectivity index (χ1) is 7.28. The Balaban J connectivity index is 1.90. The third kappa shape index (κ3) is 2.65. The maximum absolute atomic E-state index is 5.65. The summed E-state index contributed by atoms with van der Waals surface area (Å²) in [6.45, 7) is 2.79. The van der Waals surface area contributed by atoms with Crippen LogP contribution in [0, 0.1) is 12.8 Å². The molecule has 0 amide bonds. The number of nitrogens with two attached hydrogens (primary N) is 1. The lowest BCUT2D eigenvalue weighted by Crippen LogP contribution is -2.19. The Morgan fingerprint density at radius 3 is 2.73 bits per heavy atom. The summed E-state index contributed by atoms with van der Waals surface area (Å²) in [6.07, 6.45) is 7.22. The molecule has 0 radical (unpaired) electrons. The van der Waals surface area contributed by atoms with Gasteiger partial charge in [0.25, 0.3) is 0 Å². The van der Waals surface area contributed by atoms with Crippen LogP contribution in [0.25, 0.3) is 0 Å². The first-order valence-corrected chi connectivity index (χ1v) is 5.53. The number of aryl methyl sites for hydroxylation is 1. The third-order valence-electron chi connectivity index (χ3n) is 2.99. The van der Waals surface area contributed by atoms with Crippen LogP contribution in [0.2, 0.25) is 0 Å². The van der Waals surface area contributed by atoms with Gasteiger partial charge in [0.1, 0.15) is 0 Å². The number of nitrogens with zero attached hydrogens (tertiary/aromatic N) is 2. The van der Waals surface area contributed by atoms with Crippen molar-refractivity contribution in [3.63, 3.8) is 0 Å². The molecule has 1 fully saturated rings. The molecule has 15 heavy (non-hydrogen) atoms. The van der Waals surface area contributed by atoms with Crippen molar-refractivity contribution in [1.82, 2.24) is 9.97 Å². The second-order valence-corrected chi connectivity index (χ2v) is 4.34. The SMILES string of the molecule is Cc1cnc(NC2CCC(CN)C2)nc1. The summed E-state index contributed by atoms with van der Waals surface area (Å²) < 4.78 is 0. The highest BCUT2D eigenvalue weighted by Gasteiger charge is 2.23. The fourth-order valence-electron chi connectivity index (χ4n) is 2.07. The molecule has 0 bridgehead atoms. The Bertz CT molecular complexity index is 309. The molecule has 0 aromatic carbocycles. The van der Waals surface area contributed by atoms with Gasteiger partial charge in [0.15, 0.2) is 0 Å². The normalized spacial score (nSPS) is 25.5. The minimum atomic E-state index is 0.501. The van der Waals surface area contributed by atoms with Gasteiger partial charge in [-0.1, -0.05) is 0 Å². The minimum Gasteiger partial charge on any atom is -0.351 e. The van der Waals surface area contributed by atoms with Crippen molar-refractivity contribution in [3.05, 3.63) is 18.0 Å². The van der Waals surface area contributed by atoms with E-state index >= 15 is 0 Å². The van der Waals surface area contributed by atoms with Crippen molar-refractivity contribution in [3.8, 4) is 0 Å². The van der Waals surface area contributed by atoms with Crippen LogP contribution >= 0.6 is 0 Å². The summed E-state index contributed by atoms with van der Waals surface area (Å²) in [5.41, 5.74) is 6.74. The van der Waals surface area contributed by atoms with Crippen LogP contribution < -0.4 is 11.1 Å². The average molecular weight is 206 g/mol. The lowest BCUT2D eigenvalue weighted by atomic mass is 10.1. The van der Waals surface area contributed by atoms with E-state index in [2.05, 4.69) is 15.3 Å². The van der Waals surface area contributed by atoms with Crippen LogP contribution in [0.4, 0.5) is 5.95 Å². The summed E-state index contributed by atoms with van der Waals surface area (Å²) in [7, 11) is 0. The molecule has 1 saturated carbocycles. The summed E-state index contributed by atoms with van der Waals surface area (Å²) >= 11 is 0. The molecule has 0 saturated heterocycles. The maximum atomic E-state index is 5.65. The third-order valence-corrected chi connectivity index (χ3v) is 2.99. The first-order valence-electron chi connectivity index (χ1n) is 5.53. The van der Waals surface area contributed by atoms with E-state index in [0.717, 1.165) is 24.5 Å². The van der Waals surface area contributed by atoms with E-state index in [0.29, 0.717) is 12.0 Å². The molecule has 4 heteroatoms. The van der Waals surface area contributed by atoms with Gasteiger partial charge in [0, 0.05) is 18.4 Å². The van der Waals surface area contributed by atoms with E-state index < -0.39 is 0 Å². The molecule has 3 N–H and O–H groups in total. The predicted molar refractivity (Wildman–Crippen MR) is 60.6 cm³/mol. The summed E-state index contributed by atoms with van der Waals surface area (Å²) in [5.74, 6) is 1.41. The summed E-state index contributed by atoms with van der Waals surface area (Å²) in [4.78, 5) is 8.48. The predicted octanol–water partition coefficient (Wildman–Crippen LogP) is 1.32. The fraction of sp³-hybridized carbons (Fsp3) is 0.636. The zero-order valence-corrected chi connectivity index (χ0v) is 9.11. The molecule has 1 aromatic heterocycles. The van der Waals surface area contributed by atoms with Crippen LogP contribution in [0.3, 0.4) is 0 Å². The Kier molecular flexibility index (Phi) is 3.16.